The van der Waals surface area contributed by atoms with E-state index in [-0.39, 0.29) is 11.4 Å². The Labute approximate surface area is 212 Å². The van der Waals surface area contributed by atoms with Gasteiger partial charge in [0.25, 0.3) is 5.91 Å². The maximum atomic E-state index is 12.8. The summed E-state index contributed by atoms with van der Waals surface area (Å²) in [6, 6.07) is 14.4. The van der Waals surface area contributed by atoms with Crippen LogP contribution in [0.15, 0.2) is 60.8 Å². The molecule has 0 aliphatic carbocycles. The van der Waals surface area contributed by atoms with E-state index in [1.807, 2.05) is 30.3 Å². The number of hydrogen-bond donors (Lipinski definition) is 2. The minimum absolute atomic E-state index is 0.0812. The summed E-state index contributed by atoms with van der Waals surface area (Å²) in [7, 11) is 1.35. The van der Waals surface area contributed by atoms with Gasteiger partial charge in [0.1, 0.15) is 17.9 Å². The molecule has 0 unspecified atom stereocenters. The summed E-state index contributed by atoms with van der Waals surface area (Å²) in [6.45, 7) is 3.13. The van der Waals surface area contributed by atoms with Crippen LogP contribution in [0, 0.1) is 0 Å². The van der Waals surface area contributed by atoms with Gasteiger partial charge in [-0.3, -0.25) is 4.79 Å². The number of carbonyl (C=O) groups is 2. The van der Waals surface area contributed by atoms with Crippen LogP contribution in [-0.4, -0.2) is 41.2 Å². The maximum absolute atomic E-state index is 12.8. The second-order valence-electron chi connectivity index (χ2n) is 7.57. The number of carbonyl (C=O) groups excluding carboxylic acids is 2. The zero-order valence-corrected chi connectivity index (χ0v) is 20.7. The largest absolute Gasteiger partial charge is 0.503 e. The summed E-state index contributed by atoms with van der Waals surface area (Å²) in [5.41, 5.74) is 0.473. The van der Waals surface area contributed by atoms with Crippen molar-refractivity contribution in [1.29, 1.82) is 0 Å². The molecule has 0 fully saturated rings. The Morgan fingerprint density at radius 1 is 1.03 bits per heavy atom. The third kappa shape index (κ3) is 6.55. The van der Waals surface area contributed by atoms with Gasteiger partial charge in [-0.1, -0.05) is 53.5 Å². The summed E-state index contributed by atoms with van der Waals surface area (Å²) >= 11 is 12.3. The van der Waals surface area contributed by atoms with E-state index in [0.717, 1.165) is 5.56 Å². The minimum atomic E-state index is -1.05. The van der Waals surface area contributed by atoms with E-state index in [4.69, 9.17) is 37.4 Å². The van der Waals surface area contributed by atoms with Gasteiger partial charge >= 0.3 is 5.97 Å². The summed E-state index contributed by atoms with van der Waals surface area (Å²) in [5, 5.41) is 13.4. The summed E-state index contributed by atoms with van der Waals surface area (Å²) < 4.78 is 16.7. The number of ether oxygens (including phenoxy) is 3. The number of pyridine rings is 1. The molecular weight excluding hydrogens is 495 g/mol. The number of aromatic nitrogens is 1. The lowest BCUT2D eigenvalue weighted by Gasteiger charge is -2.27. The molecule has 0 radical (unpaired) electrons. The molecule has 2 aromatic carbocycles. The fourth-order valence-electron chi connectivity index (χ4n) is 3.22. The van der Waals surface area contributed by atoms with Gasteiger partial charge in [-0.2, -0.15) is 0 Å². The monoisotopic (exact) mass is 518 g/mol. The molecule has 0 saturated carbocycles. The first-order valence-corrected chi connectivity index (χ1v) is 11.4. The fourth-order valence-corrected chi connectivity index (χ4v) is 3.68. The molecule has 0 spiro atoms. The van der Waals surface area contributed by atoms with Crippen LogP contribution in [0.25, 0.3) is 0 Å². The summed E-state index contributed by atoms with van der Waals surface area (Å²) in [4.78, 5) is 29.2. The lowest BCUT2D eigenvalue weighted by Crippen LogP contribution is -2.42. The van der Waals surface area contributed by atoms with E-state index in [9.17, 15) is 14.7 Å². The second-order valence-corrected chi connectivity index (χ2v) is 8.42. The maximum Gasteiger partial charge on any atom is 0.328 e. The van der Waals surface area contributed by atoms with E-state index in [1.54, 1.807) is 25.1 Å². The van der Waals surface area contributed by atoms with Crippen LogP contribution in [-0.2, 0) is 9.53 Å². The van der Waals surface area contributed by atoms with Gasteiger partial charge in [0.05, 0.1) is 12.1 Å². The molecule has 10 heteroatoms. The highest BCUT2D eigenvalue weighted by Crippen LogP contribution is 2.33. The predicted molar refractivity (Wildman–Crippen MR) is 131 cm³/mol. The highest BCUT2D eigenvalue weighted by molar-refractivity contribution is 6.35. The number of nitrogens with zero attached hydrogens (tertiary/aromatic N) is 1. The van der Waals surface area contributed by atoms with Gasteiger partial charge in [0.15, 0.2) is 23.3 Å². The number of hydrogen-bond acceptors (Lipinski definition) is 7. The lowest BCUT2D eigenvalue weighted by atomic mass is 10.0. The quantitative estimate of drug-likeness (QED) is 0.385. The standard InChI is InChI=1S/C25H24Cl2N2O6/c1-14(29-24(31)21-22(30)20(33-3)11-12-28-21)25(32)34-15(2)23(16-7-5-4-6-8-16)35-19-10-9-17(26)13-18(19)27/h4-15,23,30H,1-3H3,(H,29,31)/t14-,15-,23+/m0/s1. The van der Waals surface area contributed by atoms with Crippen molar-refractivity contribution < 1.29 is 28.9 Å². The number of nitrogens with one attached hydrogen (secondary N) is 1. The highest BCUT2D eigenvalue weighted by atomic mass is 35.5. The highest BCUT2D eigenvalue weighted by Gasteiger charge is 2.29. The molecular formula is C25H24Cl2N2O6. The van der Waals surface area contributed by atoms with Gasteiger partial charge < -0.3 is 24.6 Å². The third-order valence-electron chi connectivity index (χ3n) is 5.03. The van der Waals surface area contributed by atoms with Gasteiger partial charge in [0.2, 0.25) is 0 Å². The number of methoxy groups -OCH3 is 1. The van der Waals surface area contributed by atoms with E-state index in [2.05, 4.69) is 10.3 Å². The number of aromatic hydroxyl groups is 1. The number of benzene rings is 2. The van der Waals surface area contributed by atoms with Crippen LogP contribution < -0.4 is 14.8 Å². The molecule has 0 aliphatic rings. The van der Waals surface area contributed by atoms with Gasteiger partial charge in [-0.05, 0) is 37.6 Å². The van der Waals surface area contributed by atoms with Crippen molar-refractivity contribution in [3.63, 3.8) is 0 Å². The van der Waals surface area contributed by atoms with Crippen molar-refractivity contribution in [2.24, 2.45) is 0 Å². The Morgan fingerprint density at radius 2 is 1.74 bits per heavy atom. The van der Waals surface area contributed by atoms with Crippen LogP contribution in [0.3, 0.4) is 0 Å². The van der Waals surface area contributed by atoms with E-state index < -0.39 is 35.9 Å². The molecule has 1 heterocycles. The molecule has 0 saturated heterocycles. The van der Waals surface area contributed by atoms with Crippen LogP contribution >= 0.6 is 23.2 Å². The SMILES string of the molecule is COc1ccnc(C(=O)N[C@@H](C)C(=O)O[C@@H](C)[C@@H](Oc2ccc(Cl)cc2Cl)c2ccccc2)c1O. The van der Waals surface area contributed by atoms with Crippen LogP contribution in [0.4, 0.5) is 0 Å². The Bertz CT molecular complexity index is 1190. The molecule has 184 valence electrons. The Hall–Kier alpha value is -3.49. The predicted octanol–water partition coefficient (Wildman–Crippen LogP) is 4.97. The molecule has 35 heavy (non-hydrogen) atoms. The lowest BCUT2D eigenvalue weighted by molar-refractivity contribution is -0.154. The molecule has 3 rings (SSSR count). The first-order chi connectivity index (χ1) is 16.7. The molecule has 8 nitrogen and oxygen atoms in total. The summed E-state index contributed by atoms with van der Waals surface area (Å²) in [6.07, 6.45) is -0.160. The Balaban J connectivity index is 1.73. The van der Waals surface area contributed by atoms with Crippen molar-refractivity contribution in [3.8, 4) is 17.2 Å². The van der Waals surface area contributed by atoms with Gasteiger partial charge in [-0.15, -0.1) is 0 Å². The van der Waals surface area contributed by atoms with E-state index >= 15 is 0 Å². The van der Waals surface area contributed by atoms with E-state index in [1.165, 1.54) is 26.3 Å². The van der Waals surface area contributed by atoms with Crippen LogP contribution in [0.1, 0.15) is 36.0 Å². The zero-order chi connectivity index (χ0) is 25.5. The van der Waals surface area contributed by atoms with Crippen LogP contribution in [0.5, 0.6) is 17.2 Å². The fraction of sp³-hybridized carbons (Fsp3) is 0.240. The minimum Gasteiger partial charge on any atom is -0.503 e. The molecule has 1 aromatic heterocycles. The molecule has 2 N–H and O–H groups in total. The Morgan fingerprint density at radius 3 is 2.40 bits per heavy atom. The van der Waals surface area contributed by atoms with Gasteiger partial charge in [-0.25, -0.2) is 9.78 Å². The summed E-state index contributed by atoms with van der Waals surface area (Å²) in [5.74, 6) is -1.45. The van der Waals surface area contributed by atoms with Crippen molar-refractivity contribution >= 4 is 35.1 Å². The van der Waals surface area contributed by atoms with Crippen molar-refractivity contribution in [2.45, 2.75) is 32.1 Å². The second kappa shape index (κ2) is 11.8. The number of amides is 1. The third-order valence-corrected chi connectivity index (χ3v) is 5.56. The normalized spacial score (nSPS) is 13.3. The average Bonchev–Trinajstić information content (AvgIpc) is 2.84. The van der Waals surface area contributed by atoms with Crippen molar-refractivity contribution in [2.75, 3.05) is 7.11 Å². The average molecular weight is 519 g/mol. The molecule has 1 amide bonds. The van der Waals surface area contributed by atoms with Gasteiger partial charge in [0, 0.05) is 17.3 Å². The number of halogens is 2. The number of rotatable bonds is 9. The molecule has 0 aliphatic heterocycles. The molecule has 3 aromatic rings. The topological polar surface area (TPSA) is 107 Å². The smallest absolute Gasteiger partial charge is 0.328 e. The molecule has 0 bridgehead atoms. The van der Waals surface area contributed by atoms with Crippen molar-refractivity contribution in [3.05, 3.63) is 82.1 Å². The number of esters is 1. The van der Waals surface area contributed by atoms with Crippen LogP contribution in [0.2, 0.25) is 10.0 Å². The first-order valence-electron chi connectivity index (χ1n) is 10.6. The zero-order valence-electron chi connectivity index (χ0n) is 19.2. The van der Waals surface area contributed by atoms with Crippen molar-refractivity contribution in [1.82, 2.24) is 10.3 Å². The molecule has 3 atom stereocenters. The Kier molecular flexibility index (Phi) is 8.78. The van der Waals surface area contributed by atoms with E-state index in [0.29, 0.717) is 15.8 Å². The first kappa shape index (κ1) is 26.1.